The molecule has 1 aromatic rings. The van der Waals surface area contributed by atoms with E-state index in [1.807, 2.05) is 32.2 Å². The second-order valence-corrected chi connectivity index (χ2v) is 4.85. The smallest absolute Gasteiger partial charge is 0.226 e. The molecule has 100 valence electrons. The Labute approximate surface area is 114 Å². The molecule has 0 aromatic heterocycles. The van der Waals surface area contributed by atoms with Gasteiger partial charge < -0.3 is 10.2 Å². The van der Waals surface area contributed by atoms with Crippen molar-refractivity contribution in [1.82, 2.24) is 5.32 Å². The highest BCUT2D eigenvalue weighted by Crippen LogP contribution is 2.22. The molecular formula is C14H21ClN2O. The highest BCUT2D eigenvalue weighted by molar-refractivity contribution is 6.31. The lowest BCUT2D eigenvalue weighted by Gasteiger charge is -2.18. The average Bonchev–Trinajstić information content (AvgIpc) is 2.37. The molecular weight excluding hydrogens is 248 g/mol. The summed E-state index contributed by atoms with van der Waals surface area (Å²) in [5.74, 6) is 0.131. The number of hydrogen-bond acceptors (Lipinski definition) is 2. The summed E-state index contributed by atoms with van der Waals surface area (Å²) in [5, 5.41) is 3.77. The summed E-state index contributed by atoms with van der Waals surface area (Å²) in [6.45, 7) is 2.90. The Hall–Kier alpha value is -1.06. The van der Waals surface area contributed by atoms with E-state index < -0.39 is 0 Å². The second-order valence-electron chi connectivity index (χ2n) is 4.45. The van der Waals surface area contributed by atoms with Crippen molar-refractivity contribution in [3.8, 4) is 0 Å². The number of aryl methyl sites for hydroxylation is 1. The maximum atomic E-state index is 12.0. The first-order chi connectivity index (χ1) is 8.56. The Kier molecular flexibility index (Phi) is 6.16. The molecule has 3 nitrogen and oxygen atoms in total. The van der Waals surface area contributed by atoms with Gasteiger partial charge in [-0.25, -0.2) is 0 Å². The van der Waals surface area contributed by atoms with Crippen molar-refractivity contribution in [2.24, 2.45) is 0 Å². The number of rotatable bonds is 6. The van der Waals surface area contributed by atoms with Crippen LogP contribution in [0.4, 0.5) is 5.69 Å². The molecule has 0 radical (unpaired) electrons. The minimum Gasteiger partial charge on any atom is -0.320 e. The first kappa shape index (κ1) is 15.0. The number of hydrogen-bond donors (Lipinski definition) is 1. The van der Waals surface area contributed by atoms with E-state index in [1.165, 1.54) is 0 Å². The Bertz CT molecular complexity index is 407. The molecule has 18 heavy (non-hydrogen) atoms. The molecule has 0 spiro atoms. The first-order valence-electron chi connectivity index (χ1n) is 6.23. The van der Waals surface area contributed by atoms with Crippen LogP contribution in [0.15, 0.2) is 18.2 Å². The van der Waals surface area contributed by atoms with Gasteiger partial charge in [0, 0.05) is 24.2 Å². The third kappa shape index (κ3) is 4.31. The summed E-state index contributed by atoms with van der Waals surface area (Å²) in [5.41, 5.74) is 1.87. The lowest BCUT2D eigenvalue weighted by Crippen LogP contribution is -2.26. The Morgan fingerprint density at radius 3 is 2.72 bits per heavy atom. The van der Waals surface area contributed by atoms with Crippen LogP contribution in [0, 0.1) is 6.92 Å². The number of amides is 1. The standard InChI is InChI=1S/C14H21ClN2O/c1-11-7-8-12(10-13(11)15)17(3)14(18)6-4-5-9-16-2/h7-8,10,16H,4-6,9H2,1-3H3. The van der Waals surface area contributed by atoms with Crippen molar-refractivity contribution in [3.05, 3.63) is 28.8 Å². The van der Waals surface area contributed by atoms with Gasteiger partial charge >= 0.3 is 0 Å². The fraction of sp³-hybridized carbons (Fsp3) is 0.500. The van der Waals surface area contributed by atoms with Crippen molar-refractivity contribution < 1.29 is 4.79 Å². The number of anilines is 1. The Morgan fingerprint density at radius 2 is 2.11 bits per heavy atom. The SMILES string of the molecule is CNCCCCC(=O)N(C)c1ccc(C)c(Cl)c1. The molecule has 0 bridgehead atoms. The molecule has 0 fully saturated rings. The van der Waals surface area contributed by atoms with Crippen LogP contribution in [-0.4, -0.2) is 26.5 Å². The quantitative estimate of drug-likeness (QED) is 0.805. The van der Waals surface area contributed by atoms with Gasteiger partial charge in [-0.2, -0.15) is 0 Å². The molecule has 1 N–H and O–H groups in total. The lowest BCUT2D eigenvalue weighted by molar-refractivity contribution is -0.118. The van der Waals surface area contributed by atoms with Gasteiger partial charge in [0.25, 0.3) is 0 Å². The van der Waals surface area contributed by atoms with Gasteiger partial charge in [-0.15, -0.1) is 0 Å². The third-order valence-electron chi connectivity index (χ3n) is 2.98. The molecule has 0 aliphatic carbocycles. The number of unbranched alkanes of at least 4 members (excludes halogenated alkanes) is 1. The van der Waals surface area contributed by atoms with Crippen LogP contribution in [0.1, 0.15) is 24.8 Å². The monoisotopic (exact) mass is 268 g/mol. The third-order valence-corrected chi connectivity index (χ3v) is 3.39. The van der Waals surface area contributed by atoms with Gasteiger partial charge in [-0.3, -0.25) is 4.79 Å². The summed E-state index contributed by atoms with van der Waals surface area (Å²) in [6.07, 6.45) is 2.50. The zero-order valence-corrected chi connectivity index (χ0v) is 12.0. The zero-order chi connectivity index (χ0) is 13.5. The summed E-state index contributed by atoms with van der Waals surface area (Å²) < 4.78 is 0. The number of nitrogens with one attached hydrogen (secondary N) is 1. The van der Waals surface area contributed by atoms with E-state index in [-0.39, 0.29) is 5.91 Å². The molecule has 0 unspecified atom stereocenters. The van der Waals surface area contributed by atoms with Gasteiger partial charge in [0.15, 0.2) is 0 Å². The number of nitrogens with zero attached hydrogens (tertiary/aromatic N) is 1. The van der Waals surface area contributed by atoms with Crippen LogP contribution in [-0.2, 0) is 4.79 Å². The van der Waals surface area contributed by atoms with Gasteiger partial charge in [-0.05, 0) is 51.1 Å². The van der Waals surface area contributed by atoms with Gasteiger partial charge in [0.05, 0.1) is 0 Å². The van der Waals surface area contributed by atoms with Crippen LogP contribution in [0.25, 0.3) is 0 Å². The van der Waals surface area contributed by atoms with Gasteiger partial charge in [-0.1, -0.05) is 17.7 Å². The van der Waals surface area contributed by atoms with Gasteiger partial charge in [0.2, 0.25) is 5.91 Å². The van der Waals surface area contributed by atoms with Crippen LogP contribution >= 0.6 is 11.6 Å². The maximum Gasteiger partial charge on any atom is 0.226 e. The van der Waals surface area contributed by atoms with Crippen LogP contribution < -0.4 is 10.2 Å². The van der Waals surface area contributed by atoms with E-state index in [0.29, 0.717) is 11.4 Å². The minimum absolute atomic E-state index is 0.131. The zero-order valence-electron chi connectivity index (χ0n) is 11.3. The van der Waals surface area contributed by atoms with E-state index in [1.54, 1.807) is 11.9 Å². The summed E-state index contributed by atoms with van der Waals surface area (Å²) >= 11 is 6.06. The van der Waals surface area contributed by atoms with Crippen molar-refractivity contribution in [2.45, 2.75) is 26.2 Å². The molecule has 0 aliphatic heterocycles. The van der Waals surface area contributed by atoms with Crippen molar-refractivity contribution >= 4 is 23.2 Å². The van der Waals surface area contributed by atoms with Crippen LogP contribution in [0.3, 0.4) is 0 Å². The lowest BCUT2D eigenvalue weighted by atomic mass is 10.2. The van der Waals surface area contributed by atoms with Crippen molar-refractivity contribution in [2.75, 3.05) is 25.5 Å². The molecule has 1 amide bonds. The molecule has 1 rings (SSSR count). The van der Waals surface area contributed by atoms with E-state index in [4.69, 9.17) is 11.6 Å². The fourth-order valence-electron chi connectivity index (χ4n) is 1.68. The molecule has 0 saturated heterocycles. The Balaban J connectivity index is 2.54. The van der Waals surface area contributed by atoms with Crippen LogP contribution in [0.2, 0.25) is 5.02 Å². The normalized spacial score (nSPS) is 10.4. The predicted octanol–water partition coefficient (Wildman–Crippen LogP) is 3.00. The highest BCUT2D eigenvalue weighted by Gasteiger charge is 2.11. The minimum atomic E-state index is 0.131. The molecule has 4 heteroatoms. The second kappa shape index (κ2) is 7.39. The van der Waals surface area contributed by atoms with Crippen molar-refractivity contribution in [3.63, 3.8) is 0 Å². The Morgan fingerprint density at radius 1 is 1.39 bits per heavy atom. The molecule has 0 atom stereocenters. The number of carbonyl (C=O) groups excluding carboxylic acids is 1. The van der Waals surface area contributed by atoms with Gasteiger partial charge in [0.1, 0.15) is 0 Å². The number of carbonyl (C=O) groups is 1. The first-order valence-corrected chi connectivity index (χ1v) is 6.61. The number of benzene rings is 1. The molecule has 0 aliphatic rings. The van der Waals surface area contributed by atoms with E-state index in [0.717, 1.165) is 30.6 Å². The van der Waals surface area contributed by atoms with E-state index in [9.17, 15) is 4.79 Å². The average molecular weight is 269 g/mol. The van der Waals surface area contributed by atoms with Crippen LogP contribution in [0.5, 0.6) is 0 Å². The molecule has 0 saturated carbocycles. The summed E-state index contributed by atoms with van der Waals surface area (Å²) in [4.78, 5) is 13.6. The maximum absolute atomic E-state index is 12.0. The highest BCUT2D eigenvalue weighted by atomic mass is 35.5. The van der Waals surface area contributed by atoms with E-state index in [2.05, 4.69) is 5.32 Å². The predicted molar refractivity (Wildman–Crippen MR) is 77.4 cm³/mol. The summed E-state index contributed by atoms with van der Waals surface area (Å²) in [6, 6.07) is 5.69. The van der Waals surface area contributed by atoms with E-state index >= 15 is 0 Å². The molecule has 1 aromatic carbocycles. The van der Waals surface area contributed by atoms with Crippen molar-refractivity contribution in [1.29, 1.82) is 0 Å². The molecule has 0 heterocycles. The topological polar surface area (TPSA) is 32.3 Å². The summed E-state index contributed by atoms with van der Waals surface area (Å²) in [7, 11) is 3.71. The number of halogens is 1. The fourth-order valence-corrected chi connectivity index (χ4v) is 1.85. The largest absolute Gasteiger partial charge is 0.320 e.